The van der Waals surface area contributed by atoms with Gasteiger partial charge in [0.1, 0.15) is 0 Å². The molecule has 0 bridgehead atoms. The van der Waals surface area contributed by atoms with Crippen molar-refractivity contribution in [2.24, 2.45) is 0 Å². The zero-order valence-corrected chi connectivity index (χ0v) is 10.9. The summed E-state index contributed by atoms with van der Waals surface area (Å²) >= 11 is 5.41. The molecule has 1 fully saturated rings. The minimum Gasteiger partial charge on any atom is -0.308 e. The molecule has 2 rings (SSSR count). The summed E-state index contributed by atoms with van der Waals surface area (Å²) in [4.78, 5) is 0. The maximum absolute atomic E-state index is 3.68. The van der Waals surface area contributed by atoms with Crippen molar-refractivity contribution in [3.63, 3.8) is 0 Å². The molecule has 1 aromatic heterocycles. The third-order valence-corrected chi connectivity index (χ3v) is 4.78. The lowest BCUT2D eigenvalue weighted by Crippen LogP contribution is -2.38. The minimum atomic E-state index is 0.190. The van der Waals surface area contributed by atoms with Crippen LogP contribution in [0.1, 0.15) is 38.2 Å². The zero-order chi connectivity index (χ0) is 10.0. The summed E-state index contributed by atoms with van der Waals surface area (Å²) in [7, 11) is 0. The van der Waals surface area contributed by atoms with E-state index in [0.717, 1.165) is 6.54 Å². The van der Waals surface area contributed by atoms with Crippen LogP contribution in [0.2, 0.25) is 0 Å². The minimum absolute atomic E-state index is 0.190. The van der Waals surface area contributed by atoms with Gasteiger partial charge in [-0.1, -0.05) is 12.8 Å². The highest BCUT2D eigenvalue weighted by atomic mass is 79.9. The van der Waals surface area contributed by atoms with Crippen molar-refractivity contribution in [3.8, 4) is 0 Å². The van der Waals surface area contributed by atoms with Crippen LogP contribution in [0.3, 0.4) is 0 Å². The number of thiophene rings is 1. The summed E-state index contributed by atoms with van der Waals surface area (Å²) in [6.45, 7) is 3.48. The quantitative estimate of drug-likeness (QED) is 0.819. The molecule has 1 aliphatic rings. The molecule has 1 aliphatic heterocycles. The number of rotatable bonds is 1. The third-order valence-electron chi connectivity index (χ3n) is 3.08. The van der Waals surface area contributed by atoms with Gasteiger partial charge in [-0.05, 0) is 53.2 Å². The number of halogens is 1. The van der Waals surface area contributed by atoms with Gasteiger partial charge in [0.05, 0.1) is 0 Å². The smallest absolute Gasteiger partial charge is 0.0425 e. The van der Waals surface area contributed by atoms with Gasteiger partial charge in [-0.15, -0.1) is 0 Å². The van der Waals surface area contributed by atoms with Crippen molar-refractivity contribution in [1.82, 2.24) is 5.32 Å². The topological polar surface area (TPSA) is 12.0 Å². The zero-order valence-electron chi connectivity index (χ0n) is 8.48. The molecule has 1 saturated heterocycles. The van der Waals surface area contributed by atoms with Crippen molar-refractivity contribution in [1.29, 1.82) is 0 Å². The summed E-state index contributed by atoms with van der Waals surface area (Å²) in [6, 6.07) is 0. The van der Waals surface area contributed by atoms with E-state index in [1.165, 1.54) is 35.7 Å². The second-order valence-electron chi connectivity index (χ2n) is 4.20. The average molecular weight is 274 g/mol. The van der Waals surface area contributed by atoms with Crippen LogP contribution in [0.4, 0.5) is 0 Å². The molecular weight excluding hydrogens is 258 g/mol. The Morgan fingerprint density at radius 3 is 2.93 bits per heavy atom. The molecule has 0 amide bonds. The highest BCUT2D eigenvalue weighted by Crippen LogP contribution is 2.36. The summed E-state index contributed by atoms with van der Waals surface area (Å²) in [5.41, 5.74) is 1.62. The van der Waals surface area contributed by atoms with E-state index in [9.17, 15) is 0 Å². The number of nitrogens with one attached hydrogen (secondary N) is 1. The lowest BCUT2D eigenvalue weighted by Gasteiger charge is -2.29. The lowest BCUT2D eigenvalue weighted by molar-refractivity contribution is 0.359. The van der Waals surface area contributed by atoms with Crippen molar-refractivity contribution >= 4 is 27.3 Å². The van der Waals surface area contributed by atoms with Crippen LogP contribution < -0.4 is 5.32 Å². The Bertz CT molecular complexity index is 300. The van der Waals surface area contributed by atoms with Gasteiger partial charge in [0.2, 0.25) is 0 Å². The van der Waals surface area contributed by atoms with E-state index in [-0.39, 0.29) is 5.54 Å². The van der Waals surface area contributed by atoms with Gasteiger partial charge in [-0.3, -0.25) is 0 Å². The van der Waals surface area contributed by atoms with Gasteiger partial charge < -0.3 is 5.32 Å². The van der Waals surface area contributed by atoms with Crippen LogP contribution in [-0.2, 0) is 5.54 Å². The monoisotopic (exact) mass is 273 g/mol. The maximum atomic E-state index is 3.68. The highest BCUT2D eigenvalue weighted by Gasteiger charge is 2.29. The predicted molar refractivity (Wildman–Crippen MR) is 65.8 cm³/mol. The fourth-order valence-electron chi connectivity index (χ4n) is 2.14. The van der Waals surface area contributed by atoms with E-state index in [1.54, 1.807) is 11.3 Å². The van der Waals surface area contributed by atoms with Gasteiger partial charge in [0.25, 0.3) is 0 Å². The number of hydrogen-bond acceptors (Lipinski definition) is 2. The summed E-state index contributed by atoms with van der Waals surface area (Å²) in [6.07, 6.45) is 5.27. The highest BCUT2D eigenvalue weighted by molar-refractivity contribution is 9.10. The Morgan fingerprint density at radius 1 is 1.36 bits per heavy atom. The van der Waals surface area contributed by atoms with Gasteiger partial charge >= 0.3 is 0 Å². The summed E-state index contributed by atoms with van der Waals surface area (Å²) < 4.78 is 1.26. The molecule has 1 N–H and O–H groups in total. The fraction of sp³-hybridized carbons (Fsp3) is 0.636. The largest absolute Gasteiger partial charge is 0.308 e. The molecule has 3 heteroatoms. The average Bonchev–Trinajstić information content (AvgIpc) is 2.46. The van der Waals surface area contributed by atoms with Crippen LogP contribution in [0.15, 0.2) is 15.2 Å². The van der Waals surface area contributed by atoms with E-state index in [2.05, 4.69) is 38.9 Å². The first-order valence-corrected chi connectivity index (χ1v) is 6.93. The van der Waals surface area contributed by atoms with Crippen molar-refractivity contribution in [2.75, 3.05) is 6.54 Å². The molecule has 1 aromatic rings. The van der Waals surface area contributed by atoms with Crippen molar-refractivity contribution < 1.29 is 0 Å². The van der Waals surface area contributed by atoms with Crippen LogP contribution in [0, 0.1) is 0 Å². The Morgan fingerprint density at radius 2 is 2.21 bits per heavy atom. The Labute approximate surface area is 98.0 Å². The van der Waals surface area contributed by atoms with Crippen molar-refractivity contribution in [2.45, 2.75) is 38.1 Å². The van der Waals surface area contributed by atoms with Crippen LogP contribution in [-0.4, -0.2) is 6.54 Å². The summed E-state index contributed by atoms with van der Waals surface area (Å²) in [5, 5.41) is 8.12. The standard InChI is InChI=1S/C11H16BrNS/c1-11(5-3-2-4-6-13-11)9-7-14-8-10(9)12/h7-8,13H,2-6H2,1H3. The normalized spacial score (nSPS) is 28.7. The molecular formula is C11H16BrNS. The lowest BCUT2D eigenvalue weighted by atomic mass is 9.90. The van der Waals surface area contributed by atoms with E-state index >= 15 is 0 Å². The molecule has 1 nitrogen and oxygen atoms in total. The van der Waals surface area contributed by atoms with Crippen LogP contribution in [0.5, 0.6) is 0 Å². The molecule has 14 heavy (non-hydrogen) atoms. The first-order chi connectivity index (χ1) is 6.72. The molecule has 1 atom stereocenters. The Hall–Kier alpha value is 0.140. The molecule has 0 aromatic carbocycles. The van der Waals surface area contributed by atoms with E-state index in [0.29, 0.717) is 0 Å². The fourth-order valence-corrected chi connectivity index (χ4v) is 4.00. The van der Waals surface area contributed by atoms with Gasteiger partial charge in [-0.25, -0.2) is 0 Å². The number of hydrogen-bond donors (Lipinski definition) is 1. The van der Waals surface area contributed by atoms with Crippen molar-refractivity contribution in [3.05, 3.63) is 20.8 Å². The molecule has 0 aliphatic carbocycles. The maximum Gasteiger partial charge on any atom is 0.0425 e. The molecule has 0 saturated carbocycles. The second kappa shape index (κ2) is 4.33. The summed E-state index contributed by atoms with van der Waals surface area (Å²) in [5.74, 6) is 0. The SMILES string of the molecule is CC1(c2cscc2Br)CCCCCN1. The van der Waals surface area contributed by atoms with Crippen LogP contribution in [0.25, 0.3) is 0 Å². The molecule has 78 valence electrons. The Balaban J connectivity index is 2.25. The molecule has 0 radical (unpaired) electrons. The van der Waals surface area contributed by atoms with Gasteiger partial charge in [-0.2, -0.15) is 11.3 Å². The first kappa shape index (κ1) is 10.7. The van der Waals surface area contributed by atoms with E-state index < -0.39 is 0 Å². The van der Waals surface area contributed by atoms with Crippen LogP contribution >= 0.6 is 27.3 Å². The van der Waals surface area contributed by atoms with E-state index in [4.69, 9.17) is 0 Å². The third kappa shape index (κ3) is 2.05. The van der Waals surface area contributed by atoms with Gasteiger partial charge in [0.15, 0.2) is 0 Å². The predicted octanol–water partition coefficient (Wildman–Crippen LogP) is 3.89. The second-order valence-corrected chi connectivity index (χ2v) is 5.80. The van der Waals surface area contributed by atoms with Gasteiger partial charge in [0, 0.05) is 15.4 Å². The molecule has 2 heterocycles. The Kier molecular flexibility index (Phi) is 3.30. The molecule has 0 spiro atoms. The first-order valence-electron chi connectivity index (χ1n) is 5.19. The molecule has 1 unspecified atom stereocenters. The van der Waals surface area contributed by atoms with E-state index in [1.807, 2.05) is 0 Å².